The van der Waals surface area contributed by atoms with Crippen LogP contribution in [0.25, 0.3) is 11.4 Å². The Hall–Kier alpha value is -1.42. The van der Waals surface area contributed by atoms with Crippen molar-refractivity contribution in [3.05, 3.63) is 50.3 Å². The Bertz CT molecular complexity index is 615. The zero-order valence-electron chi connectivity index (χ0n) is 10.6. The van der Waals surface area contributed by atoms with Gasteiger partial charge in [0.1, 0.15) is 5.82 Å². The highest BCUT2D eigenvalue weighted by Crippen LogP contribution is 2.19. The average Bonchev–Trinajstić information content (AvgIpc) is 2.28. The number of benzene rings is 1. The molecule has 0 radical (unpaired) electrons. The summed E-state index contributed by atoms with van der Waals surface area (Å²) in [5.41, 5.74) is 2.42. The third-order valence-electron chi connectivity index (χ3n) is 2.84. The number of halogens is 1. The van der Waals surface area contributed by atoms with E-state index in [1.807, 2.05) is 45.0 Å². The number of nitrogens with one attached hydrogen (secondary N) is 1. The molecule has 0 bridgehead atoms. The van der Waals surface area contributed by atoms with Crippen LogP contribution in [0.15, 0.2) is 33.5 Å². The lowest BCUT2D eigenvalue weighted by molar-refractivity contribution is 0.815. The van der Waals surface area contributed by atoms with E-state index < -0.39 is 0 Å². The van der Waals surface area contributed by atoms with Crippen molar-refractivity contribution in [1.29, 1.82) is 0 Å². The SMILES string of the molecule is Cc1nc(-c2ccc(Br)cc2)[nH]c(=O)c1C(C)C. The Kier molecular flexibility index (Phi) is 3.66. The molecule has 4 heteroatoms. The Labute approximate surface area is 114 Å². The molecule has 1 aromatic carbocycles. The number of H-pyrrole nitrogens is 1. The molecule has 0 aliphatic heterocycles. The maximum Gasteiger partial charge on any atom is 0.254 e. The topological polar surface area (TPSA) is 45.8 Å². The standard InChI is InChI=1S/C14H15BrN2O/c1-8(2)12-9(3)16-13(17-14(12)18)10-4-6-11(15)7-5-10/h4-8H,1-3H3,(H,16,17,18). The maximum absolute atomic E-state index is 12.0. The van der Waals surface area contributed by atoms with Crippen molar-refractivity contribution in [2.24, 2.45) is 0 Å². The minimum Gasteiger partial charge on any atom is -0.306 e. The number of nitrogens with zero attached hydrogens (tertiary/aromatic N) is 1. The van der Waals surface area contributed by atoms with Crippen LogP contribution in [0.5, 0.6) is 0 Å². The van der Waals surface area contributed by atoms with Crippen molar-refractivity contribution in [3.8, 4) is 11.4 Å². The summed E-state index contributed by atoms with van der Waals surface area (Å²) < 4.78 is 1.00. The molecule has 0 aliphatic rings. The van der Waals surface area contributed by atoms with Crippen LogP contribution in [0.1, 0.15) is 31.0 Å². The van der Waals surface area contributed by atoms with Crippen LogP contribution in [-0.4, -0.2) is 9.97 Å². The van der Waals surface area contributed by atoms with Crippen molar-refractivity contribution in [2.45, 2.75) is 26.7 Å². The van der Waals surface area contributed by atoms with E-state index in [1.165, 1.54) is 0 Å². The summed E-state index contributed by atoms with van der Waals surface area (Å²) in [6.45, 7) is 5.88. The van der Waals surface area contributed by atoms with Gasteiger partial charge in [-0.05, 0) is 25.0 Å². The van der Waals surface area contributed by atoms with E-state index in [1.54, 1.807) is 0 Å². The highest BCUT2D eigenvalue weighted by Gasteiger charge is 2.12. The van der Waals surface area contributed by atoms with Crippen LogP contribution in [0.4, 0.5) is 0 Å². The van der Waals surface area contributed by atoms with Crippen LogP contribution in [0.3, 0.4) is 0 Å². The first-order chi connectivity index (χ1) is 8.49. The molecule has 2 aromatic rings. The second-order valence-electron chi connectivity index (χ2n) is 4.58. The van der Waals surface area contributed by atoms with Gasteiger partial charge in [0.25, 0.3) is 5.56 Å². The number of aromatic nitrogens is 2. The minimum atomic E-state index is -0.0459. The normalized spacial score (nSPS) is 10.9. The summed E-state index contributed by atoms with van der Waals surface area (Å²) in [5, 5.41) is 0. The fraction of sp³-hybridized carbons (Fsp3) is 0.286. The lowest BCUT2D eigenvalue weighted by Gasteiger charge is -2.09. The number of hydrogen-bond acceptors (Lipinski definition) is 2. The van der Waals surface area contributed by atoms with E-state index in [9.17, 15) is 4.79 Å². The molecule has 0 amide bonds. The fourth-order valence-corrected chi connectivity index (χ4v) is 2.28. The molecule has 3 nitrogen and oxygen atoms in total. The molecule has 0 saturated carbocycles. The van der Waals surface area contributed by atoms with E-state index >= 15 is 0 Å². The Balaban J connectivity index is 2.55. The van der Waals surface area contributed by atoms with Crippen molar-refractivity contribution >= 4 is 15.9 Å². The molecule has 0 saturated heterocycles. The molecule has 0 aliphatic carbocycles. The van der Waals surface area contributed by atoms with Gasteiger partial charge in [0, 0.05) is 21.3 Å². The number of rotatable bonds is 2. The number of aryl methyl sites for hydroxylation is 1. The third-order valence-corrected chi connectivity index (χ3v) is 3.37. The van der Waals surface area contributed by atoms with E-state index in [0.717, 1.165) is 21.3 Å². The predicted octanol–water partition coefficient (Wildman–Crippen LogP) is 3.63. The van der Waals surface area contributed by atoms with Crippen LogP contribution < -0.4 is 5.56 Å². The number of aromatic amines is 1. The first-order valence-electron chi connectivity index (χ1n) is 5.86. The van der Waals surface area contributed by atoms with Crippen molar-refractivity contribution < 1.29 is 0 Å². The molecule has 2 rings (SSSR count). The largest absolute Gasteiger partial charge is 0.306 e. The van der Waals surface area contributed by atoms with Gasteiger partial charge >= 0.3 is 0 Å². The lowest BCUT2D eigenvalue weighted by Crippen LogP contribution is -2.18. The summed E-state index contributed by atoms with van der Waals surface area (Å²) in [4.78, 5) is 19.4. The lowest BCUT2D eigenvalue weighted by atomic mass is 10.0. The molecular weight excluding hydrogens is 292 g/mol. The molecule has 18 heavy (non-hydrogen) atoms. The van der Waals surface area contributed by atoms with E-state index in [-0.39, 0.29) is 11.5 Å². The molecule has 0 spiro atoms. The zero-order valence-corrected chi connectivity index (χ0v) is 12.2. The second-order valence-corrected chi connectivity index (χ2v) is 5.49. The quantitative estimate of drug-likeness (QED) is 0.921. The summed E-state index contributed by atoms with van der Waals surface area (Å²) in [6.07, 6.45) is 0. The summed E-state index contributed by atoms with van der Waals surface area (Å²) in [5.74, 6) is 0.801. The fourth-order valence-electron chi connectivity index (χ4n) is 2.02. The van der Waals surface area contributed by atoms with Gasteiger partial charge in [-0.25, -0.2) is 4.98 Å². The van der Waals surface area contributed by atoms with Crippen molar-refractivity contribution in [2.75, 3.05) is 0 Å². The van der Waals surface area contributed by atoms with Gasteiger partial charge in [-0.1, -0.05) is 41.9 Å². The van der Waals surface area contributed by atoms with Crippen LogP contribution in [0, 0.1) is 6.92 Å². The molecule has 1 heterocycles. The van der Waals surface area contributed by atoms with Gasteiger partial charge < -0.3 is 4.98 Å². The Morgan fingerprint density at radius 1 is 1.22 bits per heavy atom. The van der Waals surface area contributed by atoms with Crippen LogP contribution in [0.2, 0.25) is 0 Å². The smallest absolute Gasteiger partial charge is 0.254 e. The first-order valence-corrected chi connectivity index (χ1v) is 6.65. The van der Waals surface area contributed by atoms with Gasteiger partial charge in [0.15, 0.2) is 0 Å². The van der Waals surface area contributed by atoms with E-state index in [2.05, 4.69) is 25.9 Å². The molecule has 0 atom stereocenters. The van der Waals surface area contributed by atoms with Gasteiger partial charge in [0.2, 0.25) is 0 Å². The molecular formula is C14H15BrN2O. The number of hydrogen-bond donors (Lipinski definition) is 1. The summed E-state index contributed by atoms with van der Waals surface area (Å²) >= 11 is 3.39. The van der Waals surface area contributed by atoms with Crippen molar-refractivity contribution in [3.63, 3.8) is 0 Å². The van der Waals surface area contributed by atoms with Crippen LogP contribution >= 0.6 is 15.9 Å². The van der Waals surface area contributed by atoms with Gasteiger partial charge in [-0.2, -0.15) is 0 Å². The monoisotopic (exact) mass is 306 g/mol. The average molecular weight is 307 g/mol. The molecule has 94 valence electrons. The van der Waals surface area contributed by atoms with Crippen LogP contribution in [-0.2, 0) is 0 Å². The highest BCUT2D eigenvalue weighted by molar-refractivity contribution is 9.10. The minimum absolute atomic E-state index is 0.0459. The Morgan fingerprint density at radius 3 is 2.33 bits per heavy atom. The van der Waals surface area contributed by atoms with E-state index in [0.29, 0.717) is 5.82 Å². The highest BCUT2D eigenvalue weighted by atomic mass is 79.9. The molecule has 0 unspecified atom stereocenters. The van der Waals surface area contributed by atoms with Crippen molar-refractivity contribution in [1.82, 2.24) is 9.97 Å². The first kappa shape index (κ1) is 13.0. The summed E-state index contributed by atoms with van der Waals surface area (Å²) in [6, 6.07) is 7.72. The molecule has 0 fully saturated rings. The van der Waals surface area contributed by atoms with E-state index in [4.69, 9.17) is 0 Å². The molecule has 1 aromatic heterocycles. The second kappa shape index (κ2) is 5.06. The maximum atomic E-state index is 12.0. The third kappa shape index (κ3) is 2.53. The van der Waals surface area contributed by atoms with Gasteiger partial charge in [0.05, 0.1) is 0 Å². The van der Waals surface area contributed by atoms with Gasteiger partial charge in [-0.3, -0.25) is 4.79 Å². The predicted molar refractivity (Wildman–Crippen MR) is 76.8 cm³/mol. The Morgan fingerprint density at radius 2 is 1.83 bits per heavy atom. The summed E-state index contributed by atoms with van der Waals surface area (Å²) in [7, 11) is 0. The van der Waals surface area contributed by atoms with Gasteiger partial charge in [-0.15, -0.1) is 0 Å². The molecule has 1 N–H and O–H groups in total. The zero-order chi connectivity index (χ0) is 13.3.